The average molecular weight is 438 g/mol. The standard InChI is InChI=1S/C22H17F3N6O/c1-3-30-11-26-20-14(8-27-29-22(20)30)12-4-5-16(23)13(6-12)15-9-31-10-17(21(24)25)28-19(31)7-18(15)32-2/h4-11,21H,3H2,1-2H3. The van der Waals surface area contributed by atoms with Crippen molar-refractivity contribution in [2.75, 3.05) is 7.11 Å². The number of alkyl halides is 2. The van der Waals surface area contributed by atoms with Gasteiger partial charge in [0.05, 0.1) is 19.6 Å². The van der Waals surface area contributed by atoms with Gasteiger partial charge in [-0.05, 0) is 24.6 Å². The summed E-state index contributed by atoms with van der Waals surface area (Å²) in [6, 6.07) is 6.14. The lowest BCUT2D eigenvalue weighted by Crippen LogP contribution is -1.97. The highest BCUT2D eigenvalue weighted by atomic mass is 19.3. The molecule has 162 valence electrons. The van der Waals surface area contributed by atoms with Crippen LogP contribution in [-0.4, -0.2) is 36.2 Å². The number of ether oxygens (including phenoxy) is 1. The summed E-state index contributed by atoms with van der Waals surface area (Å²) in [5.41, 5.74) is 3.22. The fourth-order valence-corrected chi connectivity index (χ4v) is 3.73. The topological polar surface area (TPSA) is 70.1 Å². The van der Waals surface area contributed by atoms with Crippen LogP contribution < -0.4 is 4.74 Å². The number of rotatable bonds is 5. The zero-order valence-electron chi connectivity index (χ0n) is 17.1. The molecule has 5 rings (SSSR count). The Kier molecular flexibility index (Phi) is 4.76. The Morgan fingerprint density at radius 2 is 1.94 bits per heavy atom. The molecule has 0 bridgehead atoms. The largest absolute Gasteiger partial charge is 0.496 e. The number of hydrogen-bond donors (Lipinski definition) is 0. The highest BCUT2D eigenvalue weighted by Crippen LogP contribution is 2.36. The average Bonchev–Trinajstić information content (AvgIpc) is 3.42. The number of hydrogen-bond acceptors (Lipinski definition) is 5. The molecule has 4 heterocycles. The van der Waals surface area contributed by atoms with Crippen LogP contribution in [0.2, 0.25) is 0 Å². The molecule has 10 heteroatoms. The summed E-state index contributed by atoms with van der Waals surface area (Å²) in [6.45, 7) is 2.66. The van der Waals surface area contributed by atoms with Gasteiger partial charge < -0.3 is 13.7 Å². The molecule has 1 aromatic carbocycles. The van der Waals surface area contributed by atoms with Crippen LogP contribution in [-0.2, 0) is 6.54 Å². The van der Waals surface area contributed by atoms with E-state index in [0.29, 0.717) is 40.1 Å². The third kappa shape index (κ3) is 3.15. The first-order valence-corrected chi connectivity index (χ1v) is 9.81. The Morgan fingerprint density at radius 3 is 2.69 bits per heavy atom. The Labute approximate surface area is 180 Å². The molecule has 0 atom stereocenters. The van der Waals surface area contributed by atoms with Gasteiger partial charge >= 0.3 is 0 Å². The van der Waals surface area contributed by atoms with E-state index < -0.39 is 12.2 Å². The number of benzene rings is 1. The minimum Gasteiger partial charge on any atom is -0.496 e. The first-order chi connectivity index (χ1) is 15.5. The molecule has 0 saturated heterocycles. The summed E-state index contributed by atoms with van der Waals surface area (Å²) in [5.74, 6) is -0.175. The maximum Gasteiger partial charge on any atom is 0.281 e. The van der Waals surface area contributed by atoms with E-state index in [-0.39, 0.29) is 16.9 Å². The lowest BCUT2D eigenvalue weighted by Gasteiger charge is -2.12. The summed E-state index contributed by atoms with van der Waals surface area (Å²) in [7, 11) is 1.43. The molecule has 0 unspecified atom stereocenters. The molecular weight excluding hydrogens is 421 g/mol. The minimum absolute atomic E-state index is 0.244. The summed E-state index contributed by atoms with van der Waals surface area (Å²) in [5, 5.41) is 8.24. The quantitative estimate of drug-likeness (QED) is 0.390. The number of aryl methyl sites for hydroxylation is 1. The van der Waals surface area contributed by atoms with Crippen molar-refractivity contribution >= 4 is 16.8 Å². The van der Waals surface area contributed by atoms with Crippen LogP contribution in [0.5, 0.6) is 5.75 Å². The summed E-state index contributed by atoms with van der Waals surface area (Å²) >= 11 is 0. The van der Waals surface area contributed by atoms with Gasteiger partial charge in [0.1, 0.15) is 28.4 Å². The monoisotopic (exact) mass is 438 g/mol. The van der Waals surface area contributed by atoms with Gasteiger partial charge in [0.15, 0.2) is 5.65 Å². The Hall–Kier alpha value is -3.95. The van der Waals surface area contributed by atoms with Crippen LogP contribution in [0.15, 0.2) is 49.2 Å². The number of imidazole rings is 2. The van der Waals surface area contributed by atoms with E-state index in [9.17, 15) is 13.2 Å². The first-order valence-electron chi connectivity index (χ1n) is 9.81. The molecule has 4 aromatic heterocycles. The number of methoxy groups -OCH3 is 1. The van der Waals surface area contributed by atoms with Crippen molar-refractivity contribution in [3.05, 3.63) is 60.7 Å². The Morgan fingerprint density at radius 1 is 1.09 bits per heavy atom. The van der Waals surface area contributed by atoms with Gasteiger partial charge in [-0.1, -0.05) is 6.07 Å². The Balaban J connectivity index is 1.70. The van der Waals surface area contributed by atoms with Crippen molar-refractivity contribution in [3.8, 4) is 28.0 Å². The van der Waals surface area contributed by atoms with Gasteiger partial charge in [-0.2, -0.15) is 5.10 Å². The van der Waals surface area contributed by atoms with E-state index in [0.717, 1.165) is 0 Å². The third-order valence-electron chi connectivity index (χ3n) is 5.33. The second kappa shape index (κ2) is 7.63. The van der Waals surface area contributed by atoms with Gasteiger partial charge in [0, 0.05) is 41.7 Å². The van der Waals surface area contributed by atoms with Crippen LogP contribution in [0, 0.1) is 5.82 Å². The molecule has 0 aliphatic heterocycles. The molecule has 32 heavy (non-hydrogen) atoms. The molecule has 5 aromatic rings. The highest BCUT2D eigenvalue weighted by molar-refractivity contribution is 5.90. The van der Waals surface area contributed by atoms with Crippen molar-refractivity contribution in [2.24, 2.45) is 0 Å². The molecule has 0 spiro atoms. The predicted octanol–water partition coefficient (Wildman–Crippen LogP) is 4.91. The van der Waals surface area contributed by atoms with E-state index in [1.54, 1.807) is 24.7 Å². The van der Waals surface area contributed by atoms with Crippen LogP contribution >= 0.6 is 0 Å². The third-order valence-corrected chi connectivity index (χ3v) is 5.33. The van der Waals surface area contributed by atoms with Crippen LogP contribution in [0.4, 0.5) is 13.2 Å². The predicted molar refractivity (Wildman–Crippen MR) is 112 cm³/mol. The molecular formula is C22H17F3N6O. The van der Waals surface area contributed by atoms with Gasteiger partial charge in [-0.3, -0.25) is 0 Å². The smallest absolute Gasteiger partial charge is 0.281 e. The van der Waals surface area contributed by atoms with Gasteiger partial charge in [-0.25, -0.2) is 23.1 Å². The Bertz CT molecular complexity index is 1460. The maximum absolute atomic E-state index is 14.9. The van der Waals surface area contributed by atoms with Crippen molar-refractivity contribution < 1.29 is 17.9 Å². The second-order valence-corrected chi connectivity index (χ2v) is 7.14. The zero-order valence-corrected chi connectivity index (χ0v) is 17.1. The normalized spacial score (nSPS) is 11.7. The van der Waals surface area contributed by atoms with E-state index in [4.69, 9.17) is 4.74 Å². The number of aromatic nitrogens is 6. The molecule has 7 nitrogen and oxygen atoms in total. The molecule has 0 N–H and O–H groups in total. The lowest BCUT2D eigenvalue weighted by atomic mass is 9.99. The van der Waals surface area contributed by atoms with E-state index in [1.807, 2.05) is 11.5 Å². The van der Waals surface area contributed by atoms with Crippen LogP contribution in [0.1, 0.15) is 19.0 Å². The van der Waals surface area contributed by atoms with Crippen molar-refractivity contribution in [2.45, 2.75) is 19.9 Å². The summed E-state index contributed by atoms with van der Waals surface area (Å²) < 4.78 is 49.8. The van der Waals surface area contributed by atoms with Gasteiger partial charge in [-0.15, -0.1) is 5.10 Å². The first kappa shape index (κ1) is 20.0. The summed E-state index contributed by atoms with van der Waals surface area (Å²) in [4.78, 5) is 8.34. The van der Waals surface area contributed by atoms with E-state index in [2.05, 4.69) is 20.2 Å². The number of fused-ring (bicyclic) bond motifs is 2. The van der Waals surface area contributed by atoms with E-state index >= 15 is 0 Å². The van der Waals surface area contributed by atoms with Crippen LogP contribution in [0.25, 0.3) is 39.1 Å². The zero-order chi connectivity index (χ0) is 22.4. The molecule has 0 aliphatic carbocycles. The summed E-state index contributed by atoms with van der Waals surface area (Å²) in [6.07, 6.45) is 3.30. The number of pyridine rings is 1. The lowest BCUT2D eigenvalue weighted by molar-refractivity contribution is 0.147. The molecule has 0 fully saturated rings. The molecule has 0 amide bonds. The van der Waals surface area contributed by atoms with Crippen molar-refractivity contribution in [1.29, 1.82) is 0 Å². The number of halogens is 3. The van der Waals surface area contributed by atoms with Crippen molar-refractivity contribution in [3.63, 3.8) is 0 Å². The number of nitrogens with zero attached hydrogens (tertiary/aromatic N) is 6. The van der Waals surface area contributed by atoms with Gasteiger partial charge in [0.25, 0.3) is 6.43 Å². The molecule has 0 radical (unpaired) electrons. The van der Waals surface area contributed by atoms with Gasteiger partial charge in [0.2, 0.25) is 0 Å². The van der Waals surface area contributed by atoms with Crippen LogP contribution in [0.3, 0.4) is 0 Å². The molecule has 0 saturated carbocycles. The fraction of sp³-hybridized carbons (Fsp3) is 0.182. The second-order valence-electron chi connectivity index (χ2n) is 7.14. The highest BCUT2D eigenvalue weighted by Gasteiger charge is 2.19. The van der Waals surface area contributed by atoms with Crippen molar-refractivity contribution in [1.82, 2.24) is 29.1 Å². The molecule has 0 aliphatic rings. The van der Waals surface area contributed by atoms with E-state index in [1.165, 1.54) is 36.0 Å². The SMILES string of the molecule is CCn1cnc2c(-c3ccc(F)c(-c4cn5cc(C(F)F)nc5cc4OC)c3)cnnc21. The fourth-order valence-electron chi connectivity index (χ4n) is 3.73. The minimum atomic E-state index is -2.71. The maximum atomic E-state index is 14.9.